The van der Waals surface area contributed by atoms with E-state index in [4.69, 9.17) is 6.42 Å². The molecule has 2 aromatic rings. The summed E-state index contributed by atoms with van der Waals surface area (Å²) in [6.07, 6.45) is 5.88. The first-order chi connectivity index (χ1) is 8.83. The fraction of sp³-hybridized carbons (Fsp3) is 0.125. The Balaban J connectivity index is 2.32. The minimum Gasteiger partial charge on any atom is -0.254 e. The average Bonchev–Trinajstić information content (AvgIpc) is 2.46. The molecule has 0 aromatic heterocycles. The molecular formula is C16H14OS. The summed E-state index contributed by atoms with van der Waals surface area (Å²) in [6, 6.07) is 19.2. The summed E-state index contributed by atoms with van der Waals surface area (Å²) < 4.78 is 12.6. The van der Waals surface area contributed by atoms with E-state index in [1.165, 1.54) is 0 Å². The summed E-state index contributed by atoms with van der Waals surface area (Å²) in [5.74, 6) is 2.62. The first-order valence-electron chi connectivity index (χ1n) is 5.77. The lowest BCUT2D eigenvalue weighted by atomic mass is 10.1. The average molecular weight is 254 g/mol. The van der Waals surface area contributed by atoms with Crippen LogP contribution in [0.4, 0.5) is 0 Å². The Bertz CT molecular complexity index is 555. The highest BCUT2D eigenvalue weighted by molar-refractivity contribution is 7.85. The van der Waals surface area contributed by atoms with E-state index in [-0.39, 0.29) is 5.25 Å². The molecule has 0 aliphatic heterocycles. The van der Waals surface area contributed by atoms with E-state index in [0.29, 0.717) is 6.42 Å². The molecule has 90 valence electrons. The van der Waals surface area contributed by atoms with Crippen molar-refractivity contribution in [2.24, 2.45) is 0 Å². The molecule has 2 rings (SSSR count). The third-order valence-corrected chi connectivity index (χ3v) is 4.40. The van der Waals surface area contributed by atoms with Gasteiger partial charge in [-0.3, -0.25) is 4.21 Å². The summed E-state index contributed by atoms with van der Waals surface area (Å²) in [4.78, 5) is 0.821. The lowest BCUT2D eigenvalue weighted by Gasteiger charge is -2.14. The van der Waals surface area contributed by atoms with Crippen LogP contribution in [0.5, 0.6) is 0 Å². The molecule has 0 saturated carbocycles. The number of hydrogen-bond donors (Lipinski definition) is 0. The maximum absolute atomic E-state index is 12.6. The fourth-order valence-corrected chi connectivity index (χ4v) is 3.22. The topological polar surface area (TPSA) is 17.1 Å². The van der Waals surface area contributed by atoms with Crippen molar-refractivity contribution in [1.29, 1.82) is 0 Å². The second kappa shape index (κ2) is 6.18. The summed E-state index contributed by atoms with van der Waals surface area (Å²) in [5.41, 5.74) is 1.03. The van der Waals surface area contributed by atoms with Crippen molar-refractivity contribution in [1.82, 2.24) is 0 Å². The minimum atomic E-state index is -1.11. The van der Waals surface area contributed by atoms with Gasteiger partial charge in [0, 0.05) is 11.3 Å². The number of hydrogen-bond acceptors (Lipinski definition) is 1. The Hall–Kier alpha value is -1.85. The molecule has 18 heavy (non-hydrogen) atoms. The van der Waals surface area contributed by atoms with Gasteiger partial charge in [-0.05, 0) is 17.7 Å². The normalized spacial score (nSPS) is 13.5. The number of rotatable bonds is 4. The van der Waals surface area contributed by atoms with Gasteiger partial charge >= 0.3 is 0 Å². The molecule has 0 aliphatic rings. The van der Waals surface area contributed by atoms with E-state index in [9.17, 15) is 4.21 Å². The summed E-state index contributed by atoms with van der Waals surface area (Å²) >= 11 is 0. The lowest BCUT2D eigenvalue weighted by Crippen LogP contribution is -2.06. The van der Waals surface area contributed by atoms with Gasteiger partial charge in [-0.25, -0.2) is 0 Å². The first kappa shape index (κ1) is 12.6. The standard InChI is InChI=1S/C16H14OS/c1-2-9-16(14-10-5-3-6-11-14)18(17)15-12-7-4-8-13-15/h1,3-8,10-13,16H,9H2/t16-,18?/m1/s1. The van der Waals surface area contributed by atoms with Crippen LogP contribution < -0.4 is 0 Å². The quantitative estimate of drug-likeness (QED) is 0.762. The van der Waals surface area contributed by atoms with Crippen LogP contribution in [0.2, 0.25) is 0 Å². The van der Waals surface area contributed by atoms with Crippen molar-refractivity contribution in [2.75, 3.05) is 0 Å². The zero-order chi connectivity index (χ0) is 12.8. The van der Waals surface area contributed by atoms with Gasteiger partial charge in [0.05, 0.1) is 16.0 Å². The largest absolute Gasteiger partial charge is 0.254 e. The zero-order valence-corrected chi connectivity index (χ0v) is 10.8. The van der Waals surface area contributed by atoms with E-state index in [0.717, 1.165) is 10.5 Å². The van der Waals surface area contributed by atoms with Crippen LogP contribution in [-0.4, -0.2) is 4.21 Å². The molecule has 0 radical (unpaired) electrons. The van der Waals surface area contributed by atoms with Crippen LogP contribution in [0.3, 0.4) is 0 Å². The van der Waals surface area contributed by atoms with Gasteiger partial charge in [-0.1, -0.05) is 48.5 Å². The zero-order valence-electron chi connectivity index (χ0n) is 9.95. The van der Waals surface area contributed by atoms with Gasteiger partial charge in [-0.15, -0.1) is 12.3 Å². The van der Waals surface area contributed by atoms with Gasteiger partial charge in [-0.2, -0.15) is 0 Å². The maximum atomic E-state index is 12.6. The second-order valence-electron chi connectivity index (χ2n) is 3.92. The van der Waals surface area contributed by atoms with Crippen LogP contribution in [0.25, 0.3) is 0 Å². The van der Waals surface area contributed by atoms with Crippen LogP contribution in [0.1, 0.15) is 17.2 Å². The van der Waals surface area contributed by atoms with E-state index in [1.54, 1.807) is 0 Å². The monoisotopic (exact) mass is 254 g/mol. The van der Waals surface area contributed by atoms with Crippen molar-refractivity contribution < 1.29 is 4.21 Å². The van der Waals surface area contributed by atoms with Gasteiger partial charge in [0.25, 0.3) is 0 Å². The predicted octanol–water partition coefficient (Wildman–Crippen LogP) is 3.56. The van der Waals surface area contributed by atoms with Gasteiger partial charge in [0.1, 0.15) is 0 Å². The molecule has 0 fully saturated rings. The highest BCUT2D eigenvalue weighted by Crippen LogP contribution is 2.27. The summed E-state index contributed by atoms with van der Waals surface area (Å²) in [7, 11) is -1.11. The predicted molar refractivity (Wildman–Crippen MR) is 75.5 cm³/mol. The fourth-order valence-electron chi connectivity index (χ4n) is 1.81. The third-order valence-electron chi connectivity index (χ3n) is 2.71. The minimum absolute atomic E-state index is 0.140. The Morgan fingerprint density at radius 2 is 1.56 bits per heavy atom. The number of terminal acetylenes is 1. The van der Waals surface area contributed by atoms with Gasteiger partial charge in [0.15, 0.2) is 0 Å². The smallest absolute Gasteiger partial charge is 0.0752 e. The molecule has 2 atom stereocenters. The van der Waals surface area contributed by atoms with Crippen molar-refractivity contribution in [3.8, 4) is 12.3 Å². The highest BCUT2D eigenvalue weighted by atomic mass is 32.2. The molecule has 0 amide bonds. The summed E-state index contributed by atoms with van der Waals surface area (Å²) in [6.45, 7) is 0. The molecule has 0 saturated heterocycles. The van der Waals surface area contributed by atoms with Crippen molar-refractivity contribution in [3.05, 3.63) is 66.2 Å². The van der Waals surface area contributed by atoms with Gasteiger partial charge < -0.3 is 0 Å². The number of benzene rings is 2. The van der Waals surface area contributed by atoms with Crippen LogP contribution in [-0.2, 0) is 10.8 Å². The molecule has 1 unspecified atom stereocenters. The Labute approximate surface area is 110 Å². The molecule has 0 heterocycles. The van der Waals surface area contributed by atoms with Crippen LogP contribution in [0, 0.1) is 12.3 Å². The van der Waals surface area contributed by atoms with E-state index in [1.807, 2.05) is 60.7 Å². The van der Waals surface area contributed by atoms with E-state index >= 15 is 0 Å². The van der Waals surface area contributed by atoms with Crippen molar-refractivity contribution in [2.45, 2.75) is 16.6 Å². The Morgan fingerprint density at radius 3 is 2.11 bits per heavy atom. The van der Waals surface area contributed by atoms with E-state index < -0.39 is 10.8 Å². The van der Waals surface area contributed by atoms with Gasteiger partial charge in [0.2, 0.25) is 0 Å². The summed E-state index contributed by atoms with van der Waals surface area (Å²) in [5, 5.41) is -0.140. The molecular weight excluding hydrogens is 240 g/mol. The third kappa shape index (κ3) is 2.88. The molecule has 0 spiro atoms. The Morgan fingerprint density at radius 1 is 1.00 bits per heavy atom. The molecule has 0 N–H and O–H groups in total. The van der Waals surface area contributed by atoms with E-state index in [2.05, 4.69) is 5.92 Å². The van der Waals surface area contributed by atoms with Crippen molar-refractivity contribution >= 4 is 10.8 Å². The molecule has 0 bridgehead atoms. The molecule has 2 heteroatoms. The van der Waals surface area contributed by atoms with Crippen LogP contribution in [0.15, 0.2) is 65.6 Å². The SMILES string of the molecule is C#CC[C@H](c1ccccc1)S(=O)c1ccccc1. The maximum Gasteiger partial charge on any atom is 0.0752 e. The second-order valence-corrected chi connectivity index (χ2v) is 5.55. The first-order valence-corrected chi connectivity index (χ1v) is 6.98. The molecule has 0 aliphatic carbocycles. The van der Waals surface area contributed by atoms with Crippen molar-refractivity contribution in [3.63, 3.8) is 0 Å². The Kier molecular flexibility index (Phi) is 4.33. The molecule has 2 aromatic carbocycles. The molecule has 1 nitrogen and oxygen atoms in total. The van der Waals surface area contributed by atoms with Crippen LogP contribution >= 0.6 is 0 Å². The lowest BCUT2D eigenvalue weighted by molar-refractivity contribution is 0.673. The highest BCUT2D eigenvalue weighted by Gasteiger charge is 2.19.